The second kappa shape index (κ2) is 14.5. The summed E-state index contributed by atoms with van der Waals surface area (Å²) in [6, 6.07) is 3.21. The number of ether oxygens (including phenoxy) is 1. The second-order valence-electron chi connectivity index (χ2n) is 9.66. The molecule has 2 amide bonds. The zero-order valence-corrected chi connectivity index (χ0v) is 24.7. The van der Waals surface area contributed by atoms with Crippen LogP contribution in [-0.2, 0) is 21.0 Å². The van der Waals surface area contributed by atoms with E-state index >= 15 is 4.39 Å². The minimum absolute atomic E-state index is 0.0805. The molecule has 0 saturated heterocycles. The molecule has 0 bridgehead atoms. The van der Waals surface area contributed by atoms with E-state index in [2.05, 4.69) is 25.0 Å². The number of carbonyl (C=O) groups excluding carboxylic acids is 2. The molecule has 2 aliphatic carbocycles. The summed E-state index contributed by atoms with van der Waals surface area (Å²) in [6.45, 7) is 1.74. The van der Waals surface area contributed by atoms with E-state index in [1.165, 1.54) is 43.2 Å². The van der Waals surface area contributed by atoms with Gasteiger partial charge < -0.3 is 25.7 Å². The molecule has 2 heterocycles. The van der Waals surface area contributed by atoms with Crippen LogP contribution in [-0.4, -0.2) is 38.8 Å². The van der Waals surface area contributed by atoms with Gasteiger partial charge in [0, 0.05) is 41.6 Å². The fourth-order valence-corrected chi connectivity index (χ4v) is 4.45. The third-order valence-corrected chi connectivity index (χ3v) is 7.01. The normalized spacial score (nSPS) is 17.7. The lowest BCUT2D eigenvalue weighted by molar-refractivity contribution is -0.136. The quantitative estimate of drug-likeness (QED) is 0.143. The highest BCUT2D eigenvalue weighted by atomic mass is 32.2. The number of allylic oxidation sites excluding steroid dienone is 9. The smallest absolute Gasteiger partial charge is 0.240 e. The monoisotopic (exact) mass is 620 g/mol. The molecule has 1 saturated carbocycles. The van der Waals surface area contributed by atoms with Crippen LogP contribution in [0.1, 0.15) is 31.9 Å². The Hall–Kier alpha value is -4.88. The van der Waals surface area contributed by atoms with Gasteiger partial charge in [0.2, 0.25) is 11.8 Å². The Morgan fingerprint density at radius 3 is 2.73 bits per heavy atom. The molecule has 1 unspecified atom stereocenters. The highest BCUT2D eigenvalue weighted by molar-refractivity contribution is 7.89. The van der Waals surface area contributed by atoms with Crippen LogP contribution in [0.15, 0.2) is 107 Å². The van der Waals surface area contributed by atoms with Gasteiger partial charge in [-0.25, -0.2) is 8.78 Å². The zero-order valence-electron chi connectivity index (χ0n) is 23.9. The van der Waals surface area contributed by atoms with Gasteiger partial charge in [-0.05, 0) is 62.6 Å². The molecule has 44 heavy (non-hydrogen) atoms. The molecule has 0 aliphatic heterocycles. The molecule has 2 aromatic heterocycles. The molecule has 4 rings (SSSR count). The first-order valence-electron chi connectivity index (χ1n) is 13.4. The minimum atomic E-state index is -1.42. The molecule has 228 valence electrons. The number of nitrogens with zero attached hydrogens (tertiary/aromatic N) is 3. The molecular weight excluding hydrogens is 590 g/mol. The number of nitrogens with one attached hydrogen (secondary N) is 2. The zero-order chi connectivity index (χ0) is 31.7. The van der Waals surface area contributed by atoms with Gasteiger partial charge >= 0.3 is 0 Å². The van der Waals surface area contributed by atoms with Crippen LogP contribution in [0.2, 0.25) is 0 Å². The first-order chi connectivity index (χ1) is 21.2. The Morgan fingerprint density at radius 2 is 2.05 bits per heavy atom. The average Bonchev–Trinajstić information content (AvgIpc) is 3.83. The molecule has 13 heteroatoms. The van der Waals surface area contributed by atoms with E-state index in [0.29, 0.717) is 52.8 Å². The van der Waals surface area contributed by atoms with Crippen molar-refractivity contribution < 1.29 is 27.7 Å². The average molecular weight is 621 g/mol. The Labute approximate surface area is 255 Å². The van der Waals surface area contributed by atoms with Crippen LogP contribution in [0.5, 0.6) is 5.75 Å². The van der Waals surface area contributed by atoms with Gasteiger partial charge in [-0.15, -0.1) is 0 Å². The number of halogens is 2. The predicted molar refractivity (Wildman–Crippen MR) is 166 cm³/mol. The van der Waals surface area contributed by atoms with Gasteiger partial charge in [0.15, 0.2) is 11.6 Å². The van der Waals surface area contributed by atoms with Crippen molar-refractivity contribution in [2.45, 2.75) is 26.2 Å². The lowest BCUT2D eigenvalue weighted by atomic mass is 10.0. The van der Waals surface area contributed by atoms with E-state index < -0.39 is 34.4 Å². The maximum Gasteiger partial charge on any atom is 0.240 e. The van der Waals surface area contributed by atoms with Crippen molar-refractivity contribution in [2.75, 3.05) is 6.26 Å². The third-order valence-electron chi connectivity index (χ3n) is 6.61. The second-order valence-corrected chi connectivity index (χ2v) is 10.7. The lowest BCUT2D eigenvalue weighted by Gasteiger charge is -2.16. The molecule has 2 aliphatic rings. The highest BCUT2D eigenvalue weighted by Gasteiger charge is 2.56. The molecule has 0 radical (unpaired) electrons. The van der Waals surface area contributed by atoms with Gasteiger partial charge in [-0.1, -0.05) is 16.5 Å². The van der Waals surface area contributed by atoms with Crippen molar-refractivity contribution in [1.82, 2.24) is 20.6 Å². The van der Waals surface area contributed by atoms with E-state index in [0.717, 1.165) is 12.2 Å². The van der Waals surface area contributed by atoms with Crippen LogP contribution < -0.4 is 21.1 Å². The number of hydrogen-bond acceptors (Lipinski definition) is 8. The molecule has 0 spiro atoms. The molecular formula is C31H30F2N6O4S. The Morgan fingerprint density at radius 1 is 1.25 bits per heavy atom. The highest BCUT2D eigenvalue weighted by Crippen LogP contribution is 2.46. The van der Waals surface area contributed by atoms with Crippen LogP contribution in [0.3, 0.4) is 0 Å². The Balaban J connectivity index is 1.47. The topological polar surface area (TPSA) is 155 Å². The Bertz CT molecular complexity index is 1690. The van der Waals surface area contributed by atoms with E-state index in [1.54, 1.807) is 37.3 Å². The van der Waals surface area contributed by atoms with Crippen molar-refractivity contribution in [3.8, 4) is 5.75 Å². The number of aromatic nitrogens is 2. The van der Waals surface area contributed by atoms with E-state index in [4.69, 9.17) is 10.5 Å². The van der Waals surface area contributed by atoms with Crippen molar-refractivity contribution in [3.05, 3.63) is 108 Å². The van der Waals surface area contributed by atoms with Gasteiger partial charge in [-0.2, -0.15) is 0 Å². The summed E-state index contributed by atoms with van der Waals surface area (Å²) < 4.78 is 48.9. The van der Waals surface area contributed by atoms with Crippen molar-refractivity contribution in [2.24, 2.45) is 15.5 Å². The summed E-state index contributed by atoms with van der Waals surface area (Å²) >= 11 is -1.42. The maximum atomic E-state index is 15.4. The summed E-state index contributed by atoms with van der Waals surface area (Å²) in [7, 11) is 0. The first-order valence-corrected chi connectivity index (χ1v) is 14.9. The van der Waals surface area contributed by atoms with Crippen LogP contribution in [0.25, 0.3) is 16.5 Å². The molecule has 4 N–H and O–H groups in total. The van der Waals surface area contributed by atoms with Crippen LogP contribution in [0, 0.1) is 5.41 Å². The van der Waals surface area contributed by atoms with E-state index in [1.807, 2.05) is 0 Å². The molecule has 10 nitrogen and oxygen atoms in total. The third kappa shape index (κ3) is 7.74. The lowest BCUT2D eigenvalue weighted by Crippen LogP contribution is -2.42. The molecule has 1 atom stereocenters. The van der Waals surface area contributed by atoms with Crippen LogP contribution in [0.4, 0.5) is 8.78 Å². The van der Waals surface area contributed by atoms with Crippen molar-refractivity contribution in [1.29, 1.82) is 0 Å². The van der Waals surface area contributed by atoms with Gasteiger partial charge in [0.25, 0.3) is 0 Å². The van der Waals surface area contributed by atoms with Crippen molar-refractivity contribution in [3.63, 3.8) is 0 Å². The summed E-state index contributed by atoms with van der Waals surface area (Å²) in [5.41, 5.74) is 6.24. The first kappa shape index (κ1) is 32.0. The number of nitrogens with two attached hydrogens (primary N) is 1. The van der Waals surface area contributed by atoms with Crippen molar-refractivity contribution >= 4 is 45.9 Å². The SMILES string of the molecule is C\C=C/C(=C\C=C\F)NC(=O)C1(C(=O)NC2=CCC=C(Oc3ccnc4cc(C(C=N[S+](C)[O-])=CN)ncc34)C(F)=C2)CC1. The fraction of sp³-hybridized carbons (Fsp3) is 0.194. The van der Waals surface area contributed by atoms with Crippen LogP contribution >= 0.6 is 0 Å². The maximum absolute atomic E-state index is 15.4. The number of fused-ring (bicyclic) bond motifs is 1. The summed E-state index contributed by atoms with van der Waals surface area (Å²) in [6.07, 6.45) is 18.2. The van der Waals surface area contributed by atoms with E-state index in [-0.39, 0.29) is 17.9 Å². The summed E-state index contributed by atoms with van der Waals surface area (Å²) in [4.78, 5) is 34.8. The standard InChI is InChI=1S/C31H30F2N6O4S/c1-3-6-21(8-5-13-32)38-29(40)31(11-12-31)30(41)39-22-7-4-9-28(24(33)15-22)43-27-10-14-35-26-16-25(36-19-23(26)27)20(17-34)18-37-44(2)42/h3,5-10,13-19H,4,11-12,34H2,1-2H3,(H,38,40)(H,39,41)/b6-3-,13-5+,20-17?,21-8+,37-18?. The number of carbonyl (C=O) groups is 2. The number of pyridine rings is 2. The molecule has 2 aromatic rings. The molecule has 0 aromatic carbocycles. The minimum Gasteiger partial charge on any atom is -0.592 e. The number of hydrogen-bond donors (Lipinski definition) is 3. The molecule has 1 fully saturated rings. The fourth-order valence-electron chi connectivity index (χ4n) is 4.18. The number of rotatable bonds is 11. The largest absolute Gasteiger partial charge is 0.592 e. The van der Waals surface area contributed by atoms with E-state index in [9.17, 15) is 18.5 Å². The van der Waals surface area contributed by atoms with Gasteiger partial charge in [0.05, 0.1) is 40.5 Å². The summed E-state index contributed by atoms with van der Waals surface area (Å²) in [5.74, 6) is -1.64. The number of amides is 2. The predicted octanol–water partition coefficient (Wildman–Crippen LogP) is 4.65. The Kier molecular flexibility index (Phi) is 10.6. The van der Waals surface area contributed by atoms with Gasteiger partial charge in [0.1, 0.15) is 17.4 Å². The van der Waals surface area contributed by atoms with Gasteiger partial charge in [-0.3, -0.25) is 19.6 Å². The summed E-state index contributed by atoms with van der Waals surface area (Å²) in [5, 5.41) is 5.80.